The summed E-state index contributed by atoms with van der Waals surface area (Å²) in [5.41, 5.74) is 0.0683. The van der Waals surface area contributed by atoms with Crippen molar-refractivity contribution >= 4 is 11.4 Å². The average molecular weight is 253 g/mol. The van der Waals surface area contributed by atoms with Gasteiger partial charge in [-0.3, -0.25) is 10.1 Å². The molecule has 1 heterocycles. The van der Waals surface area contributed by atoms with Crippen LogP contribution in [0.5, 0.6) is 0 Å². The van der Waals surface area contributed by atoms with Gasteiger partial charge in [-0.1, -0.05) is 0 Å². The predicted octanol–water partition coefficient (Wildman–Crippen LogP) is 1.92. The topological polar surface area (TPSA) is 58.4 Å². The van der Waals surface area contributed by atoms with E-state index in [0.717, 1.165) is 19.2 Å². The van der Waals surface area contributed by atoms with Gasteiger partial charge in [-0.2, -0.15) is 0 Å². The maximum absolute atomic E-state index is 13.1. The molecule has 18 heavy (non-hydrogen) atoms. The fourth-order valence-corrected chi connectivity index (χ4v) is 2.30. The summed E-state index contributed by atoms with van der Waals surface area (Å²) in [6, 6.07) is 3.73. The zero-order chi connectivity index (χ0) is 13.3. The molecule has 0 saturated carbocycles. The third-order valence-corrected chi connectivity index (χ3v) is 3.23. The fraction of sp³-hybridized carbons (Fsp3) is 0.500. The van der Waals surface area contributed by atoms with Gasteiger partial charge in [-0.15, -0.1) is 0 Å². The van der Waals surface area contributed by atoms with Gasteiger partial charge in [0.05, 0.1) is 11.0 Å². The Morgan fingerprint density at radius 3 is 2.83 bits per heavy atom. The summed E-state index contributed by atoms with van der Waals surface area (Å²) >= 11 is 0. The van der Waals surface area contributed by atoms with Crippen molar-refractivity contribution in [2.75, 3.05) is 24.5 Å². The number of nitrogens with one attached hydrogen (secondary N) is 1. The Bertz CT molecular complexity index is 476. The van der Waals surface area contributed by atoms with Crippen LogP contribution in [0.4, 0.5) is 15.8 Å². The van der Waals surface area contributed by atoms with Crippen molar-refractivity contribution in [1.29, 1.82) is 0 Å². The third kappa shape index (κ3) is 2.28. The molecule has 6 heteroatoms. The number of nitro groups is 1. The number of nitro benzene ring substituents is 1. The average Bonchev–Trinajstić information content (AvgIpc) is 2.29. The molecule has 1 aliphatic rings. The van der Waals surface area contributed by atoms with Crippen LogP contribution in [0.1, 0.15) is 13.8 Å². The highest BCUT2D eigenvalue weighted by atomic mass is 19.1. The van der Waals surface area contributed by atoms with E-state index in [2.05, 4.69) is 5.32 Å². The van der Waals surface area contributed by atoms with Crippen LogP contribution in [0.3, 0.4) is 0 Å². The largest absolute Gasteiger partial charge is 0.358 e. The van der Waals surface area contributed by atoms with Crippen molar-refractivity contribution in [3.8, 4) is 0 Å². The van der Waals surface area contributed by atoms with Gasteiger partial charge >= 0.3 is 0 Å². The molecule has 0 spiro atoms. The molecule has 1 fully saturated rings. The highest BCUT2D eigenvalue weighted by molar-refractivity contribution is 5.65. The Morgan fingerprint density at radius 2 is 2.22 bits per heavy atom. The van der Waals surface area contributed by atoms with Gasteiger partial charge < -0.3 is 10.2 Å². The normalized spacial score (nSPS) is 18.7. The fourth-order valence-electron chi connectivity index (χ4n) is 2.30. The summed E-state index contributed by atoms with van der Waals surface area (Å²) < 4.78 is 13.1. The first-order chi connectivity index (χ1) is 8.42. The van der Waals surface area contributed by atoms with Gasteiger partial charge in [-0.05, 0) is 26.0 Å². The number of rotatable bonds is 2. The molecule has 0 amide bonds. The molecule has 0 bridgehead atoms. The van der Waals surface area contributed by atoms with E-state index in [-0.39, 0.29) is 11.2 Å². The van der Waals surface area contributed by atoms with Crippen molar-refractivity contribution in [3.05, 3.63) is 34.1 Å². The van der Waals surface area contributed by atoms with Crippen molar-refractivity contribution < 1.29 is 9.31 Å². The van der Waals surface area contributed by atoms with Gasteiger partial charge in [0.25, 0.3) is 5.69 Å². The van der Waals surface area contributed by atoms with Crippen molar-refractivity contribution in [2.45, 2.75) is 19.4 Å². The van der Waals surface area contributed by atoms with E-state index in [1.807, 2.05) is 18.7 Å². The lowest BCUT2D eigenvalue weighted by Gasteiger charge is -2.44. The smallest absolute Gasteiger partial charge is 0.295 e. The van der Waals surface area contributed by atoms with E-state index in [1.165, 1.54) is 12.1 Å². The van der Waals surface area contributed by atoms with E-state index in [9.17, 15) is 14.5 Å². The molecular weight excluding hydrogens is 237 g/mol. The van der Waals surface area contributed by atoms with Crippen LogP contribution in [-0.4, -0.2) is 30.1 Å². The van der Waals surface area contributed by atoms with E-state index in [1.54, 1.807) is 0 Å². The maximum Gasteiger partial charge on any atom is 0.295 e. The van der Waals surface area contributed by atoms with Crippen molar-refractivity contribution in [1.82, 2.24) is 5.32 Å². The van der Waals surface area contributed by atoms with Gasteiger partial charge in [0.1, 0.15) is 11.5 Å². The molecule has 0 radical (unpaired) electrons. The second kappa shape index (κ2) is 4.53. The molecule has 2 rings (SSSR count). The van der Waals surface area contributed by atoms with Crippen LogP contribution < -0.4 is 10.2 Å². The molecule has 0 aliphatic carbocycles. The van der Waals surface area contributed by atoms with Crippen LogP contribution in [0.2, 0.25) is 0 Å². The first-order valence-corrected chi connectivity index (χ1v) is 5.84. The number of benzene rings is 1. The summed E-state index contributed by atoms with van der Waals surface area (Å²) in [5.74, 6) is -0.585. The van der Waals surface area contributed by atoms with Gasteiger partial charge in [0.2, 0.25) is 0 Å². The lowest BCUT2D eigenvalue weighted by molar-refractivity contribution is -0.384. The quantitative estimate of drug-likeness (QED) is 0.646. The van der Waals surface area contributed by atoms with Gasteiger partial charge in [0, 0.05) is 25.2 Å². The van der Waals surface area contributed by atoms with Crippen LogP contribution in [0.15, 0.2) is 18.2 Å². The molecule has 1 aliphatic heterocycles. The highest BCUT2D eigenvalue weighted by Gasteiger charge is 2.33. The monoisotopic (exact) mass is 253 g/mol. The van der Waals surface area contributed by atoms with Crippen molar-refractivity contribution in [2.24, 2.45) is 0 Å². The minimum Gasteiger partial charge on any atom is -0.358 e. The van der Waals surface area contributed by atoms with Crippen LogP contribution in [-0.2, 0) is 0 Å². The Morgan fingerprint density at radius 1 is 1.50 bits per heavy atom. The minimum absolute atomic E-state index is 0.176. The molecule has 1 saturated heterocycles. The van der Waals surface area contributed by atoms with E-state index >= 15 is 0 Å². The van der Waals surface area contributed by atoms with E-state index < -0.39 is 10.7 Å². The Kier molecular flexibility index (Phi) is 3.21. The number of hydrogen-bond donors (Lipinski definition) is 1. The summed E-state index contributed by atoms with van der Waals surface area (Å²) in [7, 11) is 0. The van der Waals surface area contributed by atoms with E-state index in [0.29, 0.717) is 12.2 Å². The van der Waals surface area contributed by atoms with Crippen LogP contribution in [0, 0.1) is 15.9 Å². The SMILES string of the molecule is CC1(C)CNCCN1c1ccc(F)cc1[N+](=O)[O-]. The van der Waals surface area contributed by atoms with Crippen molar-refractivity contribution in [3.63, 3.8) is 0 Å². The summed E-state index contributed by atoms with van der Waals surface area (Å²) in [6.45, 7) is 6.18. The van der Waals surface area contributed by atoms with Gasteiger partial charge in [0.15, 0.2) is 0 Å². The molecule has 0 atom stereocenters. The standard InChI is InChI=1S/C12H16FN3O2/c1-12(2)8-14-5-6-15(12)10-4-3-9(13)7-11(10)16(17)18/h3-4,7,14H,5-6,8H2,1-2H3. The van der Waals surface area contributed by atoms with E-state index in [4.69, 9.17) is 0 Å². The number of nitrogens with zero attached hydrogens (tertiary/aromatic N) is 2. The number of hydrogen-bond acceptors (Lipinski definition) is 4. The second-order valence-electron chi connectivity index (χ2n) is 5.03. The number of anilines is 1. The predicted molar refractivity (Wildman–Crippen MR) is 67.3 cm³/mol. The van der Waals surface area contributed by atoms with Crippen LogP contribution >= 0.6 is 0 Å². The highest BCUT2D eigenvalue weighted by Crippen LogP contribution is 2.33. The Balaban J connectivity index is 2.46. The molecule has 1 N–H and O–H groups in total. The number of piperazine rings is 1. The maximum atomic E-state index is 13.1. The molecule has 5 nitrogen and oxygen atoms in total. The summed E-state index contributed by atoms with van der Waals surface area (Å²) in [5, 5.41) is 14.3. The van der Waals surface area contributed by atoms with Gasteiger partial charge in [-0.25, -0.2) is 4.39 Å². The molecule has 98 valence electrons. The Labute approximate surface area is 105 Å². The summed E-state index contributed by atoms with van der Waals surface area (Å²) in [6.07, 6.45) is 0. The molecule has 1 aromatic rings. The third-order valence-electron chi connectivity index (χ3n) is 3.23. The first-order valence-electron chi connectivity index (χ1n) is 5.84. The second-order valence-corrected chi connectivity index (χ2v) is 5.03. The molecule has 1 aromatic carbocycles. The molecule has 0 aromatic heterocycles. The lowest BCUT2D eigenvalue weighted by Crippen LogP contribution is -2.58. The zero-order valence-corrected chi connectivity index (χ0v) is 10.4. The lowest BCUT2D eigenvalue weighted by atomic mass is 9.98. The Hall–Kier alpha value is -1.69. The first kappa shape index (κ1) is 12.8. The molecule has 0 unspecified atom stereocenters. The van der Waals surface area contributed by atoms with Crippen LogP contribution in [0.25, 0.3) is 0 Å². The minimum atomic E-state index is -0.585. The molecular formula is C12H16FN3O2. The zero-order valence-electron chi connectivity index (χ0n) is 10.4. The number of halogens is 1. The summed E-state index contributed by atoms with van der Waals surface area (Å²) in [4.78, 5) is 12.5.